The molecule has 0 bridgehead atoms. The van der Waals surface area contributed by atoms with Crippen LogP contribution in [0.5, 0.6) is 0 Å². The van der Waals surface area contributed by atoms with Gasteiger partial charge in [0.15, 0.2) is 0 Å². The van der Waals surface area contributed by atoms with E-state index in [2.05, 4.69) is 68.8 Å². The molecule has 3 rings (SSSR count). The molecule has 0 fully saturated rings. The summed E-state index contributed by atoms with van der Waals surface area (Å²) >= 11 is 0. The number of likely N-dealkylation sites (N-methyl/N-ethyl adjacent to an activating group) is 1. The van der Waals surface area contributed by atoms with E-state index in [0.29, 0.717) is 5.69 Å². The zero-order valence-corrected chi connectivity index (χ0v) is 19.1. The summed E-state index contributed by atoms with van der Waals surface area (Å²) in [7, 11) is 4.22. The summed E-state index contributed by atoms with van der Waals surface area (Å²) in [6.07, 6.45) is 7.91. The molecule has 2 aromatic rings. The first kappa shape index (κ1) is 28.1. The van der Waals surface area contributed by atoms with Crippen LogP contribution in [0, 0.1) is 6.42 Å². The molecule has 0 saturated heterocycles. The van der Waals surface area contributed by atoms with Gasteiger partial charge >= 0.3 is 21.7 Å². The molecule has 144 valence electrons. The first-order valence-electron chi connectivity index (χ1n) is 8.30. The summed E-state index contributed by atoms with van der Waals surface area (Å²) in [6, 6.07) is 17.7. The van der Waals surface area contributed by atoms with Crippen molar-refractivity contribution in [2.75, 3.05) is 20.6 Å². The van der Waals surface area contributed by atoms with E-state index in [1.807, 2.05) is 18.2 Å². The van der Waals surface area contributed by atoms with Gasteiger partial charge in [0.1, 0.15) is 0 Å². The molecule has 0 saturated carbocycles. The van der Waals surface area contributed by atoms with Crippen molar-refractivity contribution in [3.05, 3.63) is 95.6 Å². The summed E-state index contributed by atoms with van der Waals surface area (Å²) in [5, 5.41) is 0. The van der Waals surface area contributed by atoms with Crippen LogP contribution >= 0.6 is 0 Å². The zero-order chi connectivity index (χ0) is 17.4. The number of nitrogens with one attached hydrogen (secondary N) is 1. The van der Waals surface area contributed by atoms with Crippen LogP contribution < -0.4 is 24.8 Å². The Morgan fingerprint density at radius 1 is 0.963 bits per heavy atom. The van der Waals surface area contributed by atoms with Crippen molar-refractivity contribution in [1.29, 1.82) is 0 Å². The summed E-state index contributed by atoms with van der Waals surface area (Å²) < 4.78 is 0. The quantitative estimate of drug-likeness (QED) is 0.486. The Labute approximate surface area is 191 Å². The van der Waals surface area contributed by atoms with Crippen molar-refractivity contribution in [3.8, 4) is 0 Å². The second-order valence-corrected chi connectivity index (χ2v) is 6.13. The topological polar surface area (TPSA) is 27.0 Å². The van der Waals surface area contributed by atoms with Crippen LogP contribution in [0.1, 0.15) is 24.5 Å². The van der Waals surface area contributed by atoms with Gasteiger partial charge in [-0.05, 0) is 26.1 Å². The number of benzene rings is 2. The average molecular weight is 437 g/mol. The van der Waals surface area contributed by atoms with E-state index in [4.69, 9.17) is 5.73 Å². The van der Waals surface area contributed by atoms with Gasteiger partial charge in [0.05, 0.1) is 0 Å². The van der Waals surface area contributed by atoms with E-state index in [1.165, 1.54) is 22.3 Å². The van der Waals surface area contributed by atoms with Crippen LogP contribution in [0.25, 0.3) is 11.3 Å². The molecule has 1 aliphatic carbocycles. The molecule has 0 amide bonds. The van der Waals surface area contributed by atoms with Crippen LogP contribution in [0.3, 0.4) is 0 Å². The Morgan fingerprint density at radius 2 is 1.56 bits per heavy atom. The maximum absolute atomic E-state index is 7.00. The number of halogens is 2. The van der Waals surface area contributed by atoms with Gasteiger partial charge in [-0.3, -0.25) is 0 Å². The molecule has 0 spiro atoms. The minimum Gasteiger partial charge on any atom is -1.00 e. The molecule has 5 heteroatoms. The number of rotatable bonds is 4. The van der Waals surface area contributed by atoms with E-state index in [-0.39, 0.29) is 46.5 Å². The van der Waals surface area contributed by atoms with Gasteiger partial charge in [0.2, 0.25) is 0 Å². The number of hydrogen-bond acceptors (Lipinski definition) is 1. The molecule has 0 unspecified atom stereocenters. The minimum absolute atomic E-state index is 0. The Kier molecular flexibility index (Phi) is 15.4. The van der Waals surface area contributed by atoms with Crippen molar-refractivity contribution in [2.24, 2.45) is 0 Å². The molecular weight excluding hydrogens is 411 g/mol. The van der Waals surface area contributed by atoms with E-state index >= 15 is 0 Å². The Bertz CT molecular complexity index is 713. The van der Waals surface area contributed by atoms with E-state index < -0.39 is 0 Å². The van der Waals surface area contributed by atoms with Gasteiger partial charge in [-0.2, -0.15) is 18.1 Å². The molecule has 0 atom stereocenters. The molecule has 2 aromatic carbocycles. The third kappa shape index (κ3) is 9.55. The number of allylic oxidation sites excluding steroid dienone is 2. The maximum atomic E-state index is 7.00. The molecule has 0 heterocycles. The molecule has 2 nitrogen and oxygen atoms in total. The van der Waals surface area contributed by atoms with Crippen LogP contribution in [-0.2, 0) is 21.7 Å². The van der Waals surface area contributed by atoms with Crippen molar-refractivity contribution < 1.29 is 46.5 Å². The van der Waals surface area contributed by atoms with E-state index in [9.17, 15) is 0 Å². The largest absolute Gasteiger partial charge is 2.00 e. The summed E-state index contributed by atoms with van der Waals surface area (Å²) in [4.78, 5) is 2.21. The van der Waals surface area contributed by atoms with Crippen LogP contribution in [0.4, 0.5) is 5.69 Å². The van der Waals surface area contributed by atoms with Gasteiger partial charge in [-0.15, -0.1) is 23.4 Å². The molecule has 1 aliphatic rings. The second kappa shape index (κ2) is 14.8. The fourth-order valence-electron chi connectivity index (χ4n) is 2.73. The van der Waals surface area contributed by atoms with Crippen LogP contribution in [0.2, 0.25) is 0 Å². The van der Waals surface area contributed by atoms with Crippen molar-refractivity contribution in [3.63, 3.8) is 0 Å². The number of nitrogens with zero attached hydrogens (tertiary/aromatic N) is 1. The van der Waals surface area contributed by atoms with Gasteiger partial charge in [0.25, 0.3) is 0 Å². The Balaban J connectivity index is 0. The molecular formula is C22H26Cl2N2Ti-2. The number of hydrogen-bond donors (Lipinski definition) is 0. The average Bonchev–Trinajstić information content (AvgIpc) is 3.03. The van der Waals surface area contributed by atoms with E-state index in [1.54, 1.807) is 12.1 Å². The predicted octanol–water partition coefficient (Wildman–Crippen LogP) is -0.0902. The third-order valence-electron chi connectivity index (χ3n) is 3.83. The minimum atomic E-state index is 0. The predicted molar refractivity (Wildman–Crippen MR) is 105 cm³/mol. The van der Waals surface area contributed by atoms with Crippen molar-refractivity contribution in [2.45, 2.75) is 13.3 Å². The first-order chi connectivity index (χ1) is 11.6. The van der Waals surface area contributed by atoms with Gasteiger partial charge < -0.3 is 35.4 Å². The second-order valence-electron chi connectivity index (χ2n) is 6.13. The molecule has 1 N–H and O–H groups in total. The van der Waals surface area contributed by atoms with E-state index in [0.717, 1.165) is 13.0 Å². The molecule has 27 heavy (non-hydrogen) atoms. The zero-order valence-electron chi connectivity index (χ0n) is 16.0. The normalized spacial score (nSPS) is 11.6. The molecule has 0 aliphatic heterocycles. The molecule has 0 radical (unpaired) electrons. The van der Waals surface area contributed by atoms with Gasteiger partial charge in [-0.25, -0.2) is 0 Å². The van der Waals surface area contributed by atoms with Gasteiger partial charge in [0, 0.05) is 6.54 Å². The first-order valence-corrected chi connectivity index (χ1v) is 8.30. The van der Waals surface area contributed by atoms with Gasteiger partial charge in [-0.1, -0.05) is 61.0 Å². The standard InChI is InChI=1S/C16H20N.C6H6N.2ClH.Ti/c1-4-14-7-5-6-8-16(14)15-10-9-13(11-15)12-17(2)3;7-6-4-2-1-3-5-6;;;/h4-9,11H,10,12H2,1-3H3;1-5,7H;2*1H;/q2*-1;;;+2/p-2. The maximum Gasteiger partial charge on any atom is 2.00 e. The fraction of sp³-hybridized carbons (Fsp3) is 0.227. The smallest absolute Gasteiger partial charge is 1.00 e. The summed E-state index contributed by atoms with van der Waals surface area (Å²) in [5.74, 6) is 0. The third-order valence-corrected chi connectivity index (χ3v) is 3.83. The molecule has 0 aromatic heterocycles. The SMILES string of the molecule is C[CH-]c1ccccc1C1=CC(CN(C)C)=CC1.[Cl-].[Cl-].[NH-]c1ccccc1.[Ti+2]. The van der Waals surface area contributed by atoms with Crippen molar-refractivity contribution >= 4 is 11.3 Å². The Morgan fingerprint density at radius 3 is 2.07 bits per heavy atom. The Hall–Kier alpha value is -1.16. The summed E-state index contributed by atoms with van der Waals surface area (Å²) in [5.41, 5.74) is 13.1. The van der Waals surface area contributed by atoms with Crippen molar-refractivity contribution in [1.82, 2.24) is 4.90 Å². The van der Waals surface area contributed by atoms with Crippen LogP contribution in [-0.4, -0.2) is 25.5 Å². The van der Waals surface area contributed by atoms with Crippen LogP contribution in [0.15, 0.2) is 72.3 Å². The monoisotopic (exact) mass is 436 g/mol. The fourth-order valence-corrected chi connectivity index (χ4v) is 2.73. The summed E-state index contributed by atoms with van der Waals surface area (Å²) in [6.45, 7) is 3.13.